The van der Waals surface area contributed by atoms with Gasteiger partial charge in [-0.25, -0.2) is 4.68 Å². The largest absolute Gasteiger partial charge is 0.349 e. The van der Waals surface area contributed by atoms with Crippen molar-refractivity contribution >= 4 is 30.1 Å². The minimum atomic E-state index is -0.130. The maximum absolute atomic E-state index is 12.3. The molecule has 22 heavy (non-hydrogen) atoms. The Morgan fingerprint density at radius 1 is 1.45 bits per heavy atom. The van der Waals surface area contributed by atoms with Crippen LogP contribution in [0.15, 0.2) is 0 Å². The number of hydrogen-bond donors (Lipinski definition) is 2. The van der Waals surface area contributed by atoms with Crippen molar-refractivity contribution in [2.45, 2.75) is 44.4 Å². The first kappa shape index (κ1) is 19.3. The van der Waals surface area contributed by atoms with Crippen molar-refractivity contribution in [3.05, 3.63) is 11.4 Å². The number of nitrogens with zero attached hydrogens (tertiary/aromatic N) is 3. The fourth-order valence-electron chi connectivity index (χ4n) is 2.40. The number of nitrogens with one attached hydrogen (secondary N) is 2. The molecule has 0 saturated carbocycles. The standard InChI is InChI=1S/C14H25N5OS.ClH/c1-10-12(13(20)16-9-14(2,3)21-4)17-18-19(10)11-5-7-15-8-6-11;/h11,15H,5-9H2,1-4H3,(H,16,20);1H. The van der Waals surface area contributed by atoms with E-state index in [4.69, 9.17) is 0 Å². The Bertz CT molecular complexity index is 499. The number of piperidine rings is 1. The second kappa shape index (κ2) is 8.17. The zero-order chi connectivity index (χ0) is 15.5. The highest BCUT2D eigenvalue weighted by Gasteiger charge is 2.24. The van der Waals surface area contributed by atoms with Crippen LogP contribution in [0.5, 0.6) is 0 Å². The molecule has 0 aromatic carbocycles. The summed E-state index contributed by atoms with van der Waals surface area (Å²) in [7, 11) is 0. The summed E-state index contributed by atoms with van der Waals surface area (Å²) in [6.07, 6.45) is 4.11. The van der Waals surface area contributed by atoms with Crippen molar-refractivity contribution in [3.63, 3.8) is 0 Å². The fourth-order valence-corrected chi connectivity index (χ4v) is 2.61. The van der Waals surface area contributed by atoms with Crippen molar-refractivity contribution in [1.82, 2.24) is 25.6 Å². The first-order valence-corrected chi connectivity index (χ1v) is 8.63. The highest BCUT2D eigenvalue weighted by Crippen LogP contribution is 2.21. The Hall–Kier alpha value is -0.790. The summed E-state index contributed by atoms with van der Waals surface area (Å²) >= 11 is 1.73. The minimum Gasteiger partial charge on any atom is -0.349 e. The van der Waals surface area contributed by atoms with Crippen molar-refractivity contribution in [1.29, 1.82) is 0 Å². The molecule has 0 bridgehead atoms. The van der Waals surface area contributed by atoms with Crippen molar-refractivity contribution in [2.24, 2.45) is 0 Å². The number of amides is 1. The zero-order valence-electron chi connectivity index (χ0n) is 13.7. The third-order valence-electron chi connectivity index (χ3n) is 4.02. The lowest BCUT2D eigenvalue weighted by Crippen LogP contribution is -2.36. The van der Waals surface area contributed by atoms with E-state index in [1.54, 1.807) is 11.8 Å². The molecule has 0 aliphatic carbocycles. The summed E-state index contributed by atoms with van der Waals surface area (Å²) in [5, 5.41) is 14.6. The number of carbonyl (C=O) groups excluding carboxylic acids is 1. The molecule has 6 nitrogen and oxygen atoms in total. The highest BCUT2D eigenvalue weighted by molar-refractivity contribution is 7.99. The lowest BCUT2D eigenvalue weighted by Gasteiger charge is -2.23. The molecule has 1 aliphatic rings. The Labute approximate surface area is 142 Å². The van der Waals surface area contributed by atoms with Crippen molar-refractivity contribution < 1.29 is 4.79 Å². The molecule has 0 radical (unpaired) electrons. The van der Waals surface area contributed by atoms with Gasteiger partial charge in [-0.15, -0.1) is 17.5 Å². The average molecular weight is 348 g/mol. The second-order valence-electron chi connectivity index (χ2n) is 6.10. The Morgan fingerprint density at radius 2 is 2.09 bits per heavy atom. The van der Waals surface area contributed by atoms with Gasteiger partial charge in [-0.1, -0.05) is 5.21 Å². The summed E-state index contributed by atoms with van der Waals surface area (Å²) in [5.41, 5.74) is 1.31. The van der Waals surface area contributed by atoms with E-state index in [2.05, 4.69) is 34.8 Å². The molecular formula is C14H26ClN5OS. The van der Waals surface area contributed by atoms with Gasteiger partial charge in [0.25, 0.3) is 5.91 Å². The van der Waals surface area contributed by atoms with Gasteiger partial charge in [0, 0.05) is 11.3 Å². The molecule has 0 unspecified atom stereocenters. The fraction of sp³-hybridized carbons (Fsp3) is 0.786. The minimum absolute atomic E-state index is 0. The smallest absolute Gasteiger partial charge is 0.273 e. The lowest BCUT2D eigenvalue weighted by molar-refractivity contribution is 0.0945. The van der Waals surface area contributed by atoms with E-state index in [1.807, 2.05) is 17.9 Å². The summed E-state index contributed by atoms with van der Waals surface area (Å²) in [6, 6.07) is 0.350. The van der Waals surface area contributed by atoms with Crippen LogP contribution in [0.1, 0.15) is 48.9 Å². The van der Waals surface area contributed by atoms with Crippen LogP contribution in [-0.4, -0.2) is 51.5 Å². The molecule has 126 valence electrons. The highest BCUT2D eigenvalue weighted by atomic mass is 35.5. The van der Waals surface area contributed by atoms with Crippen LogP contribution in [0.2, 0.25) is 0 Å². The van der Waals surface area contributed by atoms with Gasteiger partial charge < -0.3 is 10.6 Å². The van der Waals surface area contributed by atoms with Gasteiger partial charge in [-0.05, 0) is 53.0 Å². The van der Waals surface area contributed by atoms with E-state index in [9.17, 15) is 4.79 Å². The Morgan fingerprint density at radius 3 is 2.68 bits per heavy atom. The molecule has 1 aromatic rings. The molecule has 1 saturated heterocycles. The van der Waals surface area contributed by atoms with Gasteiger partial charge in [0.15, 0.2) is 5.69 Å². The van der Waals surface area contributed by atoms with E-state index in [0.29, 0.717) is 18.3 Å². The van der Waals surface area contributed by atoms with E-state index in [1.165, 1.54) is 0 Å². The first-order valence-electron chi connectivity index (χ1n) is 7.40. The van der Waals surface area contributed by atoms with Gasteiger partial charge in [0.1, 0.15) is 0 Å². The van der Waals surface area contributed by atoms with Gasteiger partial charge in [-0.3, -0.25) is 4.79 Å². The van der Waals surface area contributed by atoms with Crippen LogP contribution in [0.4, 0.5) is 0 Å². The molecule has 2 heterocycles. The molecule has 1 fully saturated rings. The topological polar surface area (TPSA) is 71.8 Å². The molecule has 1 aromatic heterocycles. The number of hydrogen-bond acceptors (Lipinski definition) is 5. The molecule has 8 heteroatoms. The average Bonchev–Trinajstić information content (AvgIpc) is 2.87. The van der Waals surface area contributed by atoms with Gasteiger partial charge >= 0.3 is 0 Å². The molecule has 2 rings (SSSR count). The zero-order valence-corrected chi connectivity index (χ0v) is 15.3. The third-order valence-corrected chi connectivity index (χ3v) is 5.27. The van der Waals surface area contributed by atoms with Gasteiger partial charge in [0.2, 0.25) is 0 Å². The lowest BCUT2D eigenvalue weighted by atomic mass is 10.1. The van der Waals surface area contributed by atoms with Crippen LogP contribution in [0.25, 0.3) is 0 Å². The molecule has 1 amide bonds. The predicted molar refractivity (Wildman–Crippen MR) is 93.1 cm³/mol. The summed E-state index contributed by atoms with van der Waals surface area (Å²) in [5.74, 6) is -0.130. The van der Waals surface area contributed by atoms with E-state index < -0.39 is 0 Å². The summed E-state index contributed by atoms with van der Waals surface area (Å²) in [6.45, 7) is 8.75. The van der Waals surface area contributed by atoms with Crippen LogP contribution in [0, 0.1) is 6.92 Å². The van der Waals surface area contributed by atoms with Gasteiger partial charge in [0.05, 0.1) is 11.7 Å². The Balaban J connectivity index is 0.00000242. The number of rotatable bonds is 5. The van der Waals surface area contributed by atoms with Crippen LogP contribution in [0.3, 0.4) is 0 Å². The summed E-state index contributed by atoms with van der Waals surface area (Å²) in [4.78, 5) is 12.3. The molecule has 0 spiro atoms. The number of halogens is 1. The molecular weight excluding hydrogens is 322 g/mol. The maximum atomic E-state index is 12.3. The number of thioether (sulfide) groups is 1. The van der Waals surface area contributed by atoms with Crippen LogP contribution < -0.4 is 10.6 Å². The third kappa shape index (κ3) is 4.60. The summed E-state index contributed by atoms with van der Waals surface area (Å²) < 4.78 is 1.93. The van der Waals surface area contributed by atoms with Gasteiger partial charge in [-0.2, -0.15) is 11.8 Å². The molecule has 0 atom stereocenters. The quantitative estimate of drug-likeness (QED) is 0.849. The maximum Gasteiger partial charge on any atom is 0.273 e. The van der Waals surface area contributed by atoms with E-state index in [0.717, 1.165) is 31.6 Å². The molecule has 1 aliphatic heterocycles. The van der Waals surface area contributed by atoms with E-state index >= 15 is 0 Å². The monoisotopic (exact) mass is 347 g/mol. The van der Waals surface area contributed by atoms with Crippen LogP contribution >= 0.6 is 24.2 Å². The SMILES string of the molecule is CSC(C)(C)CNC(=O)c1nnn(C2CCNCC2)c1C.Cl. The normalized spacial score (nSPS) is 16.2. The predicted octanol–water partition coefficient (Wildman–Crippen LogP) is 1.80. The van der Waals surface area contributed by atoms with Crippen LogP contribution in [-0.2, 0) is 0 Å². The number of aromatic nitrogens is 3. The Kier molecular flexibility index (Phi) is 7.15. The van der Waals surface area contributed by atoms with Crippen molar-refractivity contribution in [3.8, 4) is 0 Å². The van der Waals surface area contributed by atoms with E-state index in [-0.39, 0.29) is 23.1 Å². The number of carbonyl (C=O) groups is 1. The molecule has 2 N–H and O–H groups in total. The van der Waals surface area contributed by atoms with Crippen molar-refractivity contribution in [2.75, 3.05) is 25.9 Å². The first-order chi connectivity index (χ1) is 9.94. The second-order valence-corrected chi connectivity index (χ2v) is 7.61.